The van der Waals surface area contributed by atoms with E-state index in [9.17, 15) is 19.2 Å². The zero-order valence-electron chi connectivity index (χ0n) is 14.9. The van der Waals surface area contributed by atoms with Gasteiger partial charge in [0.1, 0.15) is 24.2 Å². The molecule has 4 unspecified atom stereocenters. The molecule has 0 saturated carbocycles. The molecule has 3 amide bonds. The highest BCUT2D eigenvalue weighted by atomic mass is 16.4. The van der Waals surface area contributed by atoms with Crippen LogP contribution in [0.25, 0.3) is 0 Å². The fourth-order valence-corrected chi connectivity index (χ4v) is 1.97. The summed E-state index contributed by atoms with van der Waals surface area (Å²) < 4.78 is 0. The lowest BCUT2D eigenvalue weighted by molar-refractivity contribution is -0.141. The van der Waals surface area contributed by atoms with Crippen LogP contribution < -0.4 is 21.7 Å². The van der Waals surface area contributed by atoms with E-state index in [0.29, 0.717) is 5.69 Å². The third-order valence-electron chi connectivity index (χ3n) is 3.63. The van der Waals surface area contributed by atoms with Gasteiger partial charge in [0.2, 0.25) is 17.7 Å². The Balaban J connectivity index is 2.80. The van der Waals surface area contributed by atoms with E-state index in [-0.39, 0.29) is 6.42 Å². The van der Waals surface area contributed by atoms with Crippen LogP contribution in [0.2, 0.25) is 0 Å². The van der Waals surface area contributed by atoms with Crippen LogP contribution in [0.1, 0.15) is 19.5 Å². The average Bonchev–Trinajstić information content (AvgIpc) is 3.12. The van der Waals surface area contributed by atoms with Crippen molar-refractivity contribution >= 4 is 23.7 Å². The SMILES string of the molecule is CC(NC(=O)C(Cc1cnc[nH]1)NC(=O)C(C)NC(=O)C(N)CO)C(=O)O. The Labute approximate surface area is 154 Å². The van der Waals surface area contributed by atoms with Crippen LogP contribution in [-0.2, 0) is 25.6 Å². The first-order valence-corrected chi connectivity index (χ1v) is 8.13. The summed E-state index contributed by atoms with van der Waals surface area (Å²) in [7, 11) is 0. The van der Waals surface area contributed by atoms with Gasteiger partial charge in [-0.05, 0) is 13.8 Å². The van der Waals surface area contributed by atoms with Gasteiger partial charge < -0.3 is 36.9 Å². The number of carboxylic acids is 1. The molecule has 0 aliphatic rings. The molecule has 0 bridgehead atoms. The normalized spacial score (nSPS) is 15.1. The summed E-state index contributed by atoms with van der Waals surface area (Å²) in [6.45, 7) is 2.08. The zero-order chi connectivity index (χ0) is 20.6. The van der Waals surface area contributed by atoms with Crippen LogP contribution in [0.15, 0.2) is 12.5 Å². The molecule has 12 nitrogen and oxygen atoms in total. The van der Waals surface area contributed by atoms with Gasteiger partial charge in [-0.2, -0.15) is 0 Å². The van der Waals surface area contributed by atoms with Crippen molar-refractivity contribution in [3.8, 4) is 0 Å². The maximum absolute atomic E-state index is 12.4. The first-order chi connectivity index (χ1) is 12.6. The summed E-state index contributed by atoms with van der Waals surface area (Å²) in [5, 5.41) is 24.8. The van der Waals surface area contributed by atoms with Gasteiger partial charge >= 0.3 is 5.97 Å². The minimum atomic E-state index is -1.23. The van der Waals surface area contributed by atoms with Gasteiger partial charge in [-0.25, -0.2) is 4.98 Å². The van der Waals surface area contributed by atoms with Gasteiger partial charge in [0, 0.05) is 18.3 Å². The summed E-state index contributed by atoms with van der Waals surface area (Å²) in [6.07, 6.45) is 2.88. The van der Waals surface area contributed by atoms with Crippen LogP contribution in [0.3, 0.4) is 0 Å². The van der Waals surface area contributed by atoms with E-state index in [4.69, 9.17) is 15.9 Å². The second-order valence-corrected chi connectivity index (χ2v) is 5.93. The number of nitrogens with two attached hydrogens (primary N) is 1. The van der Waals surface area contributed by atoms with E-state index >= 15 is 0 Å². The number of carbonyl (C=O) groups excluding carboxylic acids is 3. The van der Waals surface area contributed by atoms with E-state index < -0.39 is 54.5 Å². The van der Waals surface area contributed by atoms with Gasteiger partial charge in [0.25, 0.3) is 0 Å². The molecular formula is C15H24N6O6. The molecule has 150 valence electrons. The maximum atomic E-state index is 12.4. The van der Waals surface area contributed by atoms with Crippen molar-refractivity contribution in [2.75, 3.05) is 6.61 Å². The number of hydrogen-bond acceptors (Lipinski definition) is 7. The van der Waals surface area contributed by atoms with Crippen LogP contribution in [0.5, 0.6) is 0 Å². The molecular weight excluding hydrogens is 360 g/mol. The van der Waals surface area contributed by atoms with Crippen molar-refractivity contribution in [1.29, 1.82) is 0 Å². The number of nitrogens with zero attached hydrogens (tertiary/aromatic N) is 1. The topological polar surface area (TPSA) is 200 Å². The lowest BCUT2D eigenvalue weighted by Gasteiger charge is -2.22. The Morgan fingerprint density at radius 1 is 1.11 bits per heavy atom. The molecule has 8 N–H and O–H groups in total. The minimum absolute atomic E-state index is 0.0285. The lowest BCUT2D eigenvalue weighted by Crippen LogP contribution is -2.56. The highest BCUT2D eigenvalue weighted by Crippen LogP contribution is 2.01. The number of hydrogen-bond donors (Lipinski definition) is 7. The standard InChI is InChI=1S/C15H24N6O6/c1-7(19-13(24)10(16)5-22)12(23)21-11(3-9-4-17-6-18-9)14(25)20-8(2)15(26)27/h4,6-8,10-11,22H,3,5,16H2,1-2H3,(H,17,18)(H,19,24)(H,20,25)(H,21,23)(H,26,27). The van der Waals surface area contributed by atoms with E-state index in [1.807, 2.05) is 0 Å². The number of carboxylic acid groups (broad SMARTS) is 1. The smallest absolute Gasteiger partial charge is 0.325 e. The summed E-state index contributed by atoms with van der Waals surface area (Å²) in [5.41, 5.74) is 5.90. The van der Waals surface area contributed by atoms with Crippen molar-refractivity contribution < 1.29 is 29.4 Å². The van der Waals surface area contributed by atoms with E-state index in [0.717, 1.165) is 0 Å². The number of aromatic nitrogens is 2. The number of H-pyrrole nitrogens is 1. The fraction of sp³-hybridized carbons (Fsp3) is 0.533. The number of rotatable bonds is 10. The quantitative estimate of drug-likeness (QED) is 0.219. The third-order valence-corrected chi connectivity index (χ3v) is 3.63. The van der Waals surface area contributed by atoms with E-state index in [2.05, 4.69) is 25.9 Å². The van der Waals surface area contributed by atoms with Crippen molar-refractivity contribution in [3.63, 3.8) is 0 Å². The maximum Gasteiger partial charge on any atom is 0.325 e. The van der Waals surface area contributed by atoms with Gasteiger partial charge in [0.15, 0.2) is 0 Å². The Kier molecular flexibility index (Phi) is 8.35. The molecule has 12 heteroatoms. The zero-order valence-corrected chi connectivity index (χ0v) is 14.9. The first-order valence-electron chi connectivity index (χ1n) is 8.13. The number of amides is 3. The minimum Gasteiger partial charge on any atom is -0.480 e. The predicted molar refractivity (Wildman–Crippen MR) is 92.1 cm³/mol. The van der Waals surface area contributed by atoms with Crippen LogP contribution >= 0.6 is 0 Å². The largest absolute Gasteiger partial charge is 0.480 e. The number of carbonyl (C=O) groups is 4. The molecule has 0 fully saturated rings. The van der Waals surface area contributed by atoms with Crippen LogP contribution in [-0.4, -0.2) is 74.6 Å². The molecule has 0 aromatic carbocycles. The predicted octanol–water partition coefficient (Wildman–Crippen LogP) is -3.15. The Morgan fingerprint density at radius 3 is 2.26 bits per heavy atom. The second kappa shape index (κ2) is 10.2. The van der Waals surface area contributed by atoms with E-state index in [1.165, 1.54) is 26.4 Å². The molecule has 0 radical (unpaired) electrons. The van der Waals surface area contributed by atoms with Gasteiger partial charge in [0.05, 0.1) is 12.9 Å². The van der Waals surface area contributed by atoms with Gasteiger partial charge in [-0.1, -0.05) is 0 Å². The average molecular weight is 384 g/mol. The Morgan fingerprint density at radius 2 is 1.74 bits per heavy atom. The lowest BCUT2D eigenvalue weighted by atomic mass is 10.1. The van der Waals surface area contributed by atoms with Crippen molar-refractivity contribution in [2.45, 2.75) is 44.4 Å². The van der Waals surface area contributed by atoms with Gasteiger partial charge in [-0.15, -0.1) is 0 Å². The number of aromatic amines is 1. The summed E-state index contributed by atoms with van der Waals surface area (Å²) in [6, 6.07) is -4.48. The second-order valence-electron chi connectivity index (χ2n) is 5.93. The number of aliphatic carboxylic acids is 1. The summed E-state index contributed by atoms with van der Waals surface area (Å²) in [5.74, 6) is -3.35. The molecule has 0 spiro atoms. The van der Waals surface area contributed by atoms with Crippen molar-refractivity contribution in [2.24, 2.45) is 5.73 Å². The highest BCUT2D eigenvalue weighted by molar-refractivity contribution is 5.93. The van der Waals surface area contributed by atoms with Crippen molar-refractivity contribution in [3.05, 3.63) is 18.2 Å². The Bertz CT molecular complexity index is 664. The molecule has 0 aliphatic carbocycles. The third kappa shape index (κ3) is 7.03. The number of nitrogens with one attached hydrogen (secondary N) is 4. The highest BCUT2D eigenvalue weighted by Gasteiger charge is 2.27. The molecule has 27 heavy (non-hydrogen) atoms. The number of imidazole rings is 1. The number of aliphatic hydroxyl groups is 1. The summed E-state index contributed by atoms with van der Waals surface area (Å²) in [4.78, 5) is 53.8. The molecule has 1 aromatic heterocycles. The summed E-state index contributed by atoms with van der Waals surface area (Å²) >= 11 is 0. The molecule has 0 saturated heterocycles. The van der Waals surface area contributed by atoms with E-state index in [1.54, 1.807) is 0 Å². The van der Waals surface area contributed by atoms with Crippen LogP contribution in [0, 0.1) is 0 Å². The molecule has 1 rings (SSSR count). The molecule has 1 aromatic rings. The Hall–Kier alpha value is -2.99. The number of aliphatic hydroxyl groups excluding tert-OH is 1. The molecule has 0 aliphatic heterocycles. The molecule has 4 atom stereocenters. The molecule has 1 heterocycles. The first kappa shape index (κ1) is 22.1. The monoisotopic (exact) mass is 384 g/mol. The van der Waals surface area contributed by atoms with Crippen molar-refractivity contribution in [1.82, 2.24) is 25.9 Å². The van der Waals surface area contributed by atoms with Gasteiger partial charge in [-0.3, -0.25) is 19.2 Å². The fourth-order valence-electron chi connectivity index (χ4n) is 1.97. The van der Waals surface area contributed by atoms with Crippen LogP contribution in [0.4, 0.5) is 0 Å².